The van der Waals surface area contributed by atoms with Crippen LogP contribution in [-0.4, -0.2) is 5.75 Å². The van der Waals surface area contributed by atoms with Crippen molar-refractivity contribution in [1.29, 1.82) is 0 Å². The van der Waals surface area contributed by atoms with Crippen molar-refractivity contribution >= 4 is 11.8 Å². The van der Waals surface area contributed by atoms with Crippen molar-refractivity contribution in [2.75, 3.05) is 5.75 Å². The van der Waals surface area contributed by atoms with Crippen LogP contribution in [0.1, 0.15) is 22.7 Å². The van der Waals surface area contributed by atoms with Crippen molar-refractivity contribution in [1.82, 2.24) is 5.43 Å². The Morgan fingerprint density at radius 2 is 1.85 bits per heavy atom. The van der Waals surface area contributed by atoms with E-state index in [4.69, 9.17) is 5.84 Å². The number of aryl methyl sites for hydroxylation is 2. The van der Waals surface area contributed by atoms with Gasteiger partial charge in [0.15, 0.2) is 0 Å². The van der Waals surface area contributed by atoms with E-state index in [-0.39, 0.29) is 11.9 Å². The Bertz CT molecular complexity index is 569. The molecule has 0 saturated heterocycles. The molecule has 0 heterocycles. The molecule has 20 heavy (non-hydrogen) atoms. The molecule has 0 aromatic heterocycles. The Balaban J connectivity index is 2.07. The molecule has 2 aromatic carbocycles. The minimum Gasteiger partial charge on any atom is -0.271 e. The molecule has 2 nitrogen and oxygen atoms in total. The van der Waals surface area contributed by atoms with Crippen LogP contribution in [0.2, 0.25) is 0 Å². The molecule has 0 radical (unpaired) electrons. The van der Waals surface area contributed by atoms with Crippen molar-refractivity contribution in [3.05, 3.63) is 65.0 Å². The zero-order valence-electron chi connectivity index (χ0n) is 11.7. The summed E-state index contributed by atoms with van der Waals surface area (Å²) in [5.41, 5.74) is 6.01. The van der Waals surface area contributed by atoms with Gasteiger partial charge in [0.25, 0.3) is 0 Å². The third-order valence-electron chi connectivity index (χ3n) is 3.25. The molecule has 4 heteroatoms. The highest BCUT2D eigenvalue weighted by Gasteiger charge is 2.13. The van der Waals surface area contributed by atoms with Crippen LogP contribution >= 0.6 is 11.8 Å². The van der Waals surface area contributed by atoms with Crippen LogP contribution in [0.3, 0.4) is 0 Å². The van der Waals surface area contributed by atoms with Gasteiger partial charge in [0, 0.05) is 10.6 Å². The van der Waals surface area contributed by atoms with E-state index < -0.39 is 0 Å². The summed E-state index contributed by atoms with van der Waals surface area (Å²) in [7, 11) is 0. The Kier molecular flexibility index (Phi) is 5.17. The first-order chi connectivity index (χ1) is 9.60. The second-order valence-electron chi connectivity index (χ2n) is 4.84. The van der Waals surface area contributed by atoms with E-state index in [1.54, 1.807) is 17.8 Å². The monoisotopic (exact) mass is 290 g/mol. The predicted octanol–water partition coefficient (Wildman–Crippen LogP) is 3.74. The summed E-state index contributed by atoms with van der Waals surface area (Å²) in [5.74, 6) is 6.23. The normalized spacial score (nSPS) is 12.4. The highest BCUT2D eigenvalue weighted by molar-refractivity contribution is 7.99. The minimum absolute atomic E-state index is 0.00176. The summed E-state index contributed by atoms with van der Waals surface area (Å²) in [6.07, 6.45) is 0. The van der Waals surface area contributed by atoms with E-state index >= 15 is 0 Å². The van der Waals surface area contributed by atoms with Gasteiger partial charge in [-0.1, -0.05) is 23.8 Å². The highest BCUT2D eigenvalue weighted by Crippen LogP contribution is 2.26. The van der Waals surface area contributed by atoms with Crippen LogP contribution in [0, 0.1) is 19.7 Å². The fraction of sp³-hybridized carbons (Fsp3) is 0.250. The number of nitrogens with two attached hydrogens (primary N) is 1. The lowest BCUT2D eigenvalue weighted by Gasteiger charge is -2.18. The zero-order valence-corrected chi connectivity index (χ0v) is 12.5. The van der Waals surface area contributed by atoms with E-state index in [0.29, 0.717) is 0 Å². The van der Waals surface area contributed by atoms with Gasteiger partial charge in [-0.25, -0.2) is 4.39 Å². The van der Waals surface area contributed by atoms with E-state index in [9.17, 15) is 4.39 Å². The number of hydrazine groups is 1. The second-order valence-corrected chi connectivity index (χ2v) is 5.94. The minimum atomic E-state index is -0.215. The Morgan fingerprint density at radius 3 is 2.45 bits per heavy atom. The summed E-state index contributed by atoms with van der Waals surface area (Å²) in [5, 5.41) is 0. The summed E-state index contributed by atoms with van der Waals surface area (Å²) >= 11 is 1.73. The lowest BCUT2D eigenvalue weighted by molar-refractivity contribution is 0.597. The third kappa shape index (κ3) is 3.82. The molecule has 3 N–H and O–H groups in total. The smallest absolute Gasteiger partial charge is 0.123 e. The number of halogens is 1. The maximum absolute atomic E-state index is 13.1. The van der Waals surface area contributed by atoms with Gasteiger partial charge in [0.05, 0.1) is 6.04 Å². The number of hydrogen-bond donors (Lipinski definition) is 2. The molecule has 1 atom stereocenters. The van der Waals surface area contributed by atoms with Gasteiger partial charge in [0.2, 0.25) is 0 Å². The van der Waals surface area contributed by atoms with Gasteiger partial charge in [-0.05, 0) is 49.2 Å². The predicted molar refractivity (Wildman–Crippen MR) is 83.1 cm³/mol. The van der Waals surface area contributed by atoms with E-state index in [1.807, 2.05) is 6.92 Å². The molecule has 0 amide bonds. The highest BCUT2D eigenvalue weighted by atomic mass is 32.2. The summed E-state index contributed by atoms with van der Waals surface area (Å²) in [4.78, 5) is 1.20. The van der Waals surface area contributed by atoms with Crippen molar-refractivity contribution in [2.24, 2.45) is 5.84 Å². The van der Waals surface area contributed by atoms with Gasteiger partial charge in [-0.2, -0.15) is 0 Å². The van der Waals surface area contributed by atoms with Crippen LogP contribution in [0.25, 0.3) is 0 Å². The number of hydrogen-bond acceptors (Lipinski definition) is 3. The number of benzene rings is 2. The van der Waals surface area contributed by atoms with Crippen molar-refractivity contribution in [2.45, 2.75) is 24.8 Å². The van der Waals surface area contributed by atoms with Crippen LogP contribution in [0.15, 0.2) is 47.4 Å². The van der Waals surface area contributed by atoms with Gasteiger partial charge >= 0.3 is 0 Å². The van der Waals surface area contributed by atoms with Crippen LogP contribution < -0.4 is 11.3 Å². The van der Waals surface area contributed by atoms with E-state index in [0.717, 1.165) is 16.9 Å². The SMILES string of the molecule is Cc1ccc(SCC(NN)c2ccc(F)cc2C)cc1. The molecule has 2 rings (SSSR count). The molecular formula is C16H19FN2S. The third-order valence-corrected chi connectivity index (χ3v) is 4.35. The molecule has 2 aromatic rings. The Morgan fingerprint density at radius 1 is 1.15 bits per heavy atom. The number of thioether (sulfide) groups is 1. The fourth-order valence-electron chi connectivity index (χ4n) is 2.07. The van der Waals surface area contributed by atoms with Crippen molar-refractivity contribution in [3.8, 4) is 0 Å². The molecule has 106 valence electrons. The summed E-state index contributed by atoms with van der Waals surface area (Å²) in [6, 6.07) is 13.2. The first-order valence-electron chi connectivity index (χ1n) is 6.52. The first-order valence-corrected chi connectivity index (χ1v) is 7.50. The van der Waals surface area contributed by atoms with Crippen LogP contribution in [-0.2, 0) is 0 Å². The second kappa shape index (κ2) is 6.88. The quantitative estimate of drug-likeness (QED) is 0.500. The zero-order chi connectivity index (χ0) is 14.5. The average Bonchev–Trinajstić information content (AvgIpc) is 2.43. The first kappa shape index (κ1) is 15.0. The molecular weight excluding hydrogens is 271 g/mol. The lowest BCUT2D eigenvalue weighted by Crippen LogP contribution is -2.30. The molecule has 0 aliphatic heterocycles. The molecule has 1 unspecified atom stereocenters. The molecule has 0 fully saturated rings. The van der Waals surface area contributed by atoms with Gasteiger partial charge in [0.1, 0.15) is 5.82 Å². The Hall–Kier alpha value is -1.36. The van der Waals surface area contributed by atoms with Crippen molar-refractivity contribution in [3.63, 3.8) is 0 Å². The molecule has 0 bridgehead atoms. The average molecular weight is 290 g/mol. The van der Waals surface area contributed by atoms with Crippen molar-refractivity contribution < 1.29 is 4.39 Å². The summed E-state index contributed by atoms with van der Waals surface area (Å²) in [6.45, 7) is 3.97. The molecule has 0 spiro atoms. The number of nitrogens with one attached hydrogen (secondary N) is 1. The standard InChI is InChI=1S/C16H19FN2S/c1-11-3-6-14(7-4-11)20-10-16(19-18)15-8-5-13(17)9-12(15)2/h3-9,16,19H,10,18H2,1-2H3. The largest absolute Gasteiger partial charge is 0.271 e. The number of rotatable bonds is 5. The van der Waals surface area contributed by atoms with Gasteiger partial charge in [-0.15, -0.1) is 11.8 Å². The summed E-state index contributed by atoms with van der Waals surface area (Å²) < 4.78 is 13.1. The lowest BCUT2D eigenvalue weighted by atomic mass is 10.0. The Labute approximate surface area is 123 Å². The molecule has 0 aliphatic carbocycles. The fourth-order valence-corrected chi connectivity index (χ4v) is 3.04. The van der Waals surface area contributed by atoms with Crippen LogP contribution in [0.5, 0.6) is 0 Å². The van der Waals surface area contributed by atoms with Gasteiger partial charge in [-0.3, -0.25) is 11.3 Å². The van der Waals surface area contributed by atoms with E-state index in [1.165, 1.54) is 22.6 Å². The maximum Gasteiger partial charge on any atom is 0.123 e. The molecule has 0 saturated carbocycles. The van der Waals surface area contributed by atoms with E-state index in [2.05, 4.69) is 36.6 Å². The van der Waals surface area contributed by atoms with Gasteiger partial charge < -0.3 is 0 Å². The van der Waals surface area contributed by atoms with Crippen LogP contribution in [0.4, 0.5) is 4.39 Å². The maximum atomic E-state index is 13.1. The topological polar surface area (TPSA) is 38.0 Å². The molecule has 0 aliphatic rings.